The number of aliphatic hydroxyl groups is 1. The number of alkyl halides is 3. The van der Waals surface area contributed by atoms with Crippen molar-refractivity contribution in [3.63, 3.8) is 0 Å². The normalized spacial score (nSPS) is 15.3. The lowest BCUT2D eigenvalue weighted by atomic mass is 9.83. The predicted molar refractivity (Wildman–Crippen MR) is 129 cm³/mol. The van der Waals surface area contributed by atoms with Crippen LogP contribution in [0.5, 0.6) is 0 Å². The molecule has 5 aromatic rings. The van der Waals surface area contributed by atoms with Crippen molar-refractivity contribution in [3.8, 4) is 11.1 Å². The van der Waals surface area contributed by atoms with Crippen molar-refractivity contribution in [1.29, 1.82) is 0 Å². The van der Waals surface area contributed by atoms with Gasteiger partial charge in [-0.25, -0.2) is 4.98 Å². The highest BCUT2D eigenvalue weighted by Crippen LogP contribution is 2.58. The molecule has 0 unspecified atom stereocenters. The van der Waals surface area contributed by atoms with Gasteiger partial charge in [-0.2, -0.15) is 13.2 Å². The van der Waals surface area contributed by atoms with E-state index in [0.717, 1.165) is 0 Å². The second-order valence-corrected chi connectivity index (χ2v) is 9.42. The molecule has 0 amide bonds. The smallest absolute Gasteiger partial charge is 0.373 e. The molecule has 188 valence electrons. The van der Waals surface area contributed by atoms with E-state index in [1.165, 1.54) is 12.4 Å². The number of nitrogens with zero attached hydrogens (tertiary/aromatic N) is 4. The molecule has 4 aromatic heterocycles. The first kappa shape index (κ1) is 23.4. The van der Waals surface area contributed by atoms with E-state index in [2.05, 4.69) is 25.1 Å². The number of aromatic nitrogens is 5. The van der Waals surface area contributed by atoms with Crippen LogP contribution in [-0.2, 0) is 11.0 Å². The zero-order valence-corrected chi connectivity index (χ0v) is 20.0. The number of benzene rings is 1. The lowest BCUT2D eigenvalue weighted by Crippen LogP contribution is -2.32. The Labute approximate surface area is 209 Å². The van der Waals surface area contributed by atoms with Crippen LogP contribution in [0.2, 0.25) is 0 Å². The van der Waals surface area contributed by atoms with E-state index in [1.54, 1.807) is 62.4 Å². The van der Waals surface area contributed by atoms with E-state index in [0.29, 0.717) is 28.1 Å². The molecule has 10 heteroatoms. The summed E-state index contributed by atoms with van der Waals surface area (Å²) >= 11 is 0. The Hall–Kier alpha value is -4.05. The zero-order valence-electron chi connectivity index (χ0n) is 20.0. The molecule has 1 aliphatic rings. The highest BCUT2D eigenvalue weighted by atomic mass is 19.4. The third-order valence-corrected chi connectivity index (χ3v) is 7.12. The summed E-state index contributed by atoms with van der Waals surface area (Å²) in [6.07, 6.45) is -1.47. The highest BCUT2D eigenvalue weighted by molar-refractivity contribution is 5.88. The van der Waals surface area contributed by atoms with Gasteiger partial charge >= 0.3 is 6.18 Å². The first-order valence-corrected chi connectivity index (χ1v) is 11.8. The van der Waals surface area contributed by atoms with Gasteiger partial charge in [-0.05, 0) is 68.7 Å². The summed E-state index contributed by atoms with van der Waals surface area (Å²) in [6, 6.07) is 13.6. The lowest BCUT2D eigenvalue weighted by molar-refractivity contribution is -0.162. The van der Waals surface area contributed by atoms with Gasteiger partial charge < -0.3 is 14.6 Å². The van der Waals surface area contributed by atoms with Crippen LogP contribution in [0.25, 0.3) is 22.2 Å². The highest BCUT2D eigenvalue weighted by Gasteiger charge is 2.66. The number of hydrogen-bond acceptors (Lipinski definition) is 6. The van der Waals surface area contributed by atoms with Crippen molar-refractivity contribution in [3.05, 3.63) is 95.2 Å². The Morgan fingerprint density at radius 2 is 1.62 bits per heavy atom. The van der Waals surface area contributed by atoms with Crippen LogP contribution in [0.15, 0.2) is 65.4 Å². The van der Waals surface area contributed by atoms with Crippen LogP contribution in [-0.4, -0.2) is 36.4 Å². The van der Waals surface area contributed by atoms with E-state index >= 15 is 0 Å². The molecule has 0 atom stereocenters. The SMILES string of the molecule is Cc1noc(C)c1-c1cc(C(O)(c2ccccn2)c2ccccn2)c2nc(C3(C(F)(F)F)CC3)[nH]c2c1. The topological polar surface area (TPSA) is 101 Å². The van der Waals surface area contributed by atoms with Crippen molar-refractivity contribution in [2.75, 3.05) is 0 Å². The summed E-state index contributed by atoms with van der Waals surface area (Å²) in [5, 5.41) is 16.5. The summed E-state index contributed by atoms with van der Waals surface area (Å²) in [6.45, 7) is 3.53. The second-order valence-electron chi connectivity index (χ2n) is 9.42. The molecule has 0 saturated heterocycles. The molecule has 1 aliphatic carbocycles. The minimum atomic E-state index is -4.45. The van der Waals surface area contributed by atoms with Gasteiger partial charge in [0.15, 0.2) is 5.60 Å². The molecule has 0 aliphatic heterocycles. The maximum Gasteiger partial charge on any atom is 0.401 e. The molecule has 37 heavy (non-hydrogen) atoms. The molecular weight excluding hydrogens is 483 g/mol. The average molecular weight is 506 g/mol. The van der Waals surface area contributed by atoms with Gasteiger partial charge in [0.2, 0.25) is 0 Å². The van der Waals surface area contributed by atoms with Crippen molar-refractivity contribution < 1.29 is 22.8 Å². The second kappa shape index (κ2) is 7.97. The average Bonchev–Trinajstić information content (AvgIpc) is 3.51. The minimum absolute atomic E-state index is 0.0485. The van der Waals surface area contributed by atoms with Crippen molar-refractivity contribution in [1.82, 2.24) is 25.1 Å². The fraction of sp³-hybridized carbons (Fsp3) is 0.259. The van der Waals surface area contributed by atoms with Gasteiger partial charge in [0, 0.05) is 23.5 Å². The first-order chi connectivity index (χ1) is 17.6. The van der Waals surface area contributed by atoms with Gasteiger partial charge in [0.1, 0.15) is 17.0 Å². The monoisotopic (exact) mass is 505 g/mol. The number of aryl methyl sites for hydroxylation is 2. The number of hydrogen-bond donors (Lipinski definition) is 2. The number of halogens is 3. The van der Waals surface area contributed by atoms with Gasteiger partial charge in [0.25, 0.3) is 0 Å². The number of aromatic amines is 1. The van der Waals surface area contributed by atoms with E-state index in [1.807, 2.05) is 0 Å². The molecule has 0 spiro atoms. The molecule has 1 saturated carbocycles. The standard InChI is InChI=1S/C27H22F3N5O2/c1-15-22(16(2)37-35-15)17-13-18(23-19(14-17)33-24(34-23)25(9-10-25)27(28,29)30)26(36,20-7-3-5-11-31-20)21-8-4-6-12-32-21/h3-8,11-14,36H,9-10H2,1-2H3,(H,33,34). The Morgan fingerprint density at radius 3 is 2.11 bits per heavy atom. The van der Waals surface area contributed by atoms with Crippen molar-refractivity contribution in [2.24, 2.45) is 0 Å². The van der Waals surface area contributed by atoms with Crippen LogP contribution < -0.4 is 0 Å². The Bertz CT molecular complexity index is 1550. The maximum absolute atomic E-state index is 14.0. The van der Waals surface area contributed by atoms with Crippen LogP contribution in [0.1, 0.15) is 47.1 Å². The predicted octanol–water partition coefficient (Wildman–Crippen LogP) is 5.50. The Morgan fingerprint density at radius 1 is 0.973 bits per heavy atom. The fourth-order valence-electron chi connectivity index (χ4n) is 5.00. The van der Waals surface area contributed by atoms with Crippen LogP contribution >= 0.6 is 0 Å². The minimum Gasteiger partial charge on any atom is -0.373 e. The van der Waals surface area contributed by atoms with Gasteiger partial charge in [0.05, 0.1) is 28.1 Å². The molecule has 1 aromatic carbocycles. The van der Waals surface area contributed by atoms with Crippen molar-refractivity contribution >= 4 is 11.0 Å². The van der Waals surface area contributed by atoms with Gasteiger partial charge in [-0.3, -0.25) is 9.97 Å². The zero-order chi connectivity index (χ0) is 26.0. The van der Waals surface area contributed by atoms with Crippen LogP contribution in [0, 0.1) is 13.8 Å². The van der Waals surface area contributed by atoms with Crippen LogP contribution in [0.3, 0.4) is 0 Å². The molecule has 4 heterocycles. The summed E-state index contributed by atoms with van der Waals surface area (Å²) in [5.74, 6) is 0.368. The summed E-state index contributed by atoms with van der Waals surface area (Å²) in [7, 11) is 0. The number of imidazole rings is 1. The van der Waals surface area contributed by atoms with Gasteiger partial charge in [-0.15, -0.1) is 0 Å². The van der Waals surface area contributed by atoms with Gasteiger partial charge in [-0.1, -0.05) is 17.3 Å². The number of fused-ring (bicyclic) bond motifs is 1. The molecular formula is C27H22F3N5O2. The third-order valence-electron chi connectivity index (χ3n) is 7.12. The number of H-pyrrole nitrogens is 1. The first-order valence-electron chi connectivity index (χ1n) is 11.8. The molecule has 0 radical (unpaired) electrons. The van der Waals surface area contributed by atoms with Crippen molar-refractivity contribution in [2.45, 2.75) is 43.9 Å². The van der Waals surface area contributed by atoms with E-state index in [9.17, 15) is 18.3 Å². The van der Waals surface area contributed by atoms with Crippen LogP contribution in [0.4, 0.5) is 13.2 Å². The van der Waals surface area contributed by atoms with E-state index in [4.69, 9.17) is 4.52 Å². The number of rotatable bonds is 5. The Kier molecular flexibility index (Phi) is 5.03. The maximum atomic E-state index is 14.0. The lowest BCUT2D eigenvalue weighted by Gasteiger charge is -2.28. The number of pyridine rings is 2. The molecule has 1 fully saturated rings. The van der Waals surface area contributed by atoms with E-state index in [-0.39, 0.29) is 41.1 Å². The summed E-state index contributed by atoms with van der Waals surface area (Å²) in [5.41, 5.74) is -0.731. The Balaban J connectivity index is 1.70. The summed E-state index contributed by atoms with van der Waals surface area (Å²) < 4.78 is 47.5. The largest absolute Gasteiger partial charge is 0.401 e. The van der Waals surface area contributed by atoms with E-state index < -0.39 is 17.2 Å². The molecule has 7 nitrogen and oxygen atoms in total. The summed E-state index contributed by atoms with van der Waals surface area (Å²) in [4.78, 5) is 16.2. The third kappa shape index (κ3) is 3.46. The quantitative estimate of drug-likeness (QED) is 0.327. The fourth-order valence-corrected chi connectivity index (χ4v) is 5.00. The molecule has 0 bridgehead atoms. The number of nitrogens with one attached hydrogen (secondary N) is 1. The molecule has 2 N–H and O–H groups in total. The molecule has 6 rings (SSSR count).